The van der Waals surface area contributed by atoms with Gasteiger partial charge in [0, 0.05) is 13.1 Å². The molecule has 0 saturated carbocycles. The average Bonchev–Trinajstić information content (AvgIpc) is 2.36. The monoisotopic (exact) mass is 278 g/mol. The maximum atomic E-state index is 10.3. The van der Waals surface area contributed by atoms with Crippen LogP contribution in [0.5, 0.6) is 0 Å². The molecule has 5 N–H and O–H groups in total. The Kier molecular flexibility index (Phi) is 8.22. The number of aliphatic hydroxyl groups excluding tert-OH is 1. The predicted octanol–water partition coefficient (Wildman–Crippen LogP) is -1.67. The number of alkyl carbamates (subject to hydrolysis) is 1. The molecule has 1 rings (SSSR count). The molecule has 0 bridgehead atoms. The van der Waals surface area contributed by atoms with E-state index in [0.29, 0.717) is 6.54 Å². The van der Waals surface area contributed by atoms with Crippen molar-refractivity contribution in [3.8, 4) is 0 Å². The van der Waals surface area contributed by atoms with Gasteiger partial charge in [0.05, 0.1) is 12.5 Å². The second-order valence-corrected chi connectivity index (χ2v) is 3.79. The molecule has 1 fully saturated rings. The molecular weight excluding hydrogens is 260 g/mol. The Morgan fingerprint density at radius 2 is 2.16 bits per heavy atom. The summed E-state index contributed by atoms with van der Waals surface area (Å²) in [6.07, 6.45) is -0.544. The van der Waals surface area contributed by atoms with Gasteiger partial charge in [-0.1, -0.05) is 0 Å². The van der Waals surface area contributed by atoms with E-state index in [2.05, 4.69) is 15.4 Å². The molecule has 9 heteroatoms. The van der Waals surface area contributed by atoms with E-state index in [1.807, 2.05) is 0 Å². The molecule has 2 unspecified atom stereocenters. The van der Waals surface area contributed by atoms with Crippen molar-refractivity contribution in [2.24, 2.45) is 11.8 Å². The summed E-state index contributed by atoms with van der Waals surface area (Å²) < 4.78 is 4.42. The highest BCUT2D eigenvalue weighted by atomic mass is 16.6. The van der Waals surface area contributed by atoms with Crippen LogP contribution in [0, 0.1) is 11.8 Å². The Balaban J connectivity index is 0.000000344. The van der Waals surface area contributed by atoms with E-state index in [-0.39, 0.29) is 19.8 Å². The number of carbonyl (C=O) groups excluding carboxylic acids is 1. The van der Waals surface area contributed by atoms with Crippen LogP contribution >= 0.6 is 0 Å². The third-order valence-corrected chi connectivity index (χ3v) is 2.28. The fourth-order valence-electron chi connectivity index (χ4n) is 1.13. The summed E-state index contributed by atoms with van der Waals surface area (Å²) in [6, 6.07) is 0. The molecule has 2 atom stereocenters. The van der Waals surface area contributed by atoms with Gasteiger partial charge >= 0.3 is 18.0 Å². The number of carboxylic acid groups (broad SMARTS) is 2. The molecular formula is C10H18N2O7. The molecule has 0 aromatic heterocycles. The lowest BCUT2D eigenvalue weighted by molar-refractivity contribution is -0.144. The normalized spacial score (nSPS) is 19.3. The van der Waals surface area contributed by atoms with Gasteiger partial charge in [-0.15, -0.1) is 0 Å². The van der Waals surface area contributed by atoms with Gasteiger partial charge in [-0.3, -0.25) is 9.59 Å². The highest BCUT2D eigenvalue weighted by Crippen LogP contribution is 2.01. The van der Waals surface area contributed by atoms with Crippen molar-refractivity contribution in [1.29, 1.82) is 0 Å². The summed E-state index contributed by atoms with van der Waals surface area (Å²) in [5.74, 6) is -3.18. The highest BCUT2D eigenvalue weighted by molar-refractivity contribution is 5.75. The van der Waals surface area contributed by atoms with E-state index in [4.69, 9.17) is 15.3 Å². The summed E-state index contributed by atoms with van der Waals surface area (Å²) in [5, 5.41) is 30.0. The number of ether oxygens (including phenoxy) is 1. The van der Waals surface area contributed by atoms with Gasteiger partial charge in [0.15, 0.2) is 0 Å². The van der Waals surface area contributed by atoms with E-state index >= 15 is 0 Å². The Morgan fingerprint density at radius 1 is 1.53 bits per heavy atom. The zero-order valence-corrected chi connectivity index (χ0v) is 10.5. The third kappa shape index (κ3) is 7.21. The smallest absolute Gasteiger partial charge is 0.407 e. The maximum Gasteiger partial charge on any atom is 0.407 e. The van der Waals surface area contributed by atoms with Gasteiger partial charge in [-0.25, -0.2) is 4.79 Å². The van der Waals surface area contributed by atoms with Gasteiger partial charge in [0.25, 0.3) is 0 Å². The minimum atomic E-state index is -0.966. The van der Waals surface area contributed by atoms with E-state index < -0.39 is 29.9 Å². The quantitative estimate of drug-likeness (QED) is 0.401. The molecule has 0 radical (unpaired) electrons. The van der Waals surface area contributed by atoms with Gasteiger partial charge in [0.1, 0.15) is 12.5 Å². The number of amides is 1. The van der Waals surface area contributed by atoms with Crippen molar-refractivity contribution >= 4 is 18.0 Å². The Hall–Kier alpha value is -1.87. The van der Waals surface area contributed by atoms with Crippen LogP contribution in [-0.4, -0.2) is 66.7 Å². The second-order valence-electron chi connectivity index (χ2n) is 3.79. The third-order valence-electron chi connectivity index (χ3n) is 2.28. The first-order chi connectivity index (χ1) is 8.92. The minimum absolute atomic E-state index is 0.0266. The molecule has 1 aliphatic rings. The first-order valence-corrected chi connectivity index (χ1v) is 5.54. The number of rotatable bonds is 5. The molecule has 0 aliphatic carbocycles. The lowest BCUT2D eigenvalue weighted by Gasteiger charge is -2.18. The number of nitrogens with one attached hydrogen (secondary N) is 2. The van der Waals surface area contributed by atoms with Crippen molar-refractivity contribution in [2.45, 2.75) is 0 Å². The molecule has 0 spiro atoms. The first-order valence-electron chi connectivity index (χ1n) is 5.54. The predicted molar refractivity (Wildman–Crippen MR) is 62.6 cm³/mol. The Morgan fingerprint density at radius 3 is 2.42 bits per heavy atom. The summed E-state index contributed by atoms with van der Waals surface area (Å²) in [6.45, 7) is 0.136. The zero-order chi connectivity index (χ0) is 14.8. The van der Waals surface area contributed by atoms with Crippen LogP contribution in [0.15, 0.2) is 0 Å². The number of cyclic esters (lactones) is 1. The molecule has 1 saturated heterocycles. The number of aliphatic hydroxyl groups is 1. The van der Waals surface area contributed by atoms with Crippen LogP contribution in [-0.2, 0) is 14.3 Å². The highest BCUT2D eigenvalue weighted by Gasteiger charge is 2.24. The minimum Gasteiger partial charge on any atom is -0.481 e. The fourth-order valence-corrected chi connectivity index (χ4v) is 1.13. The molecule has 19 heavy (non-hydrogen) atoms. The molecule has 110 valence electrons. The van der Waals surface area contributed by atoms with Crippen LogP contribution in [0.2, 0.25) is 0 Å². The number of carbonyl (C=O) groups is 3. The number of carboxylic acids is 2. The summed E-state index contributed by atoms with van der Waals surface area (Å²) in [4.78, 5) is 30.7. The van der Waals surface area contributed by atoms with Gasteiger partial charge in [-0.05, 0) is 7.05 Å². The van der Waals surface area contributed by atoms with E-state index in [9.17, 15) is 14.4 Å². The maximum absolute atomic E-state index is 10.3. The Bertz CT molecular complexity index is 311. The van der Waals surface area contributed by atoms with Crippen molar-refractivity contribution in [2.75, 3.05) is 33.4 Å². The van der Waals surface area contributed by atoms with E-state index in [1.165, 1.54) is 0 Å². The lowest BCUT2D eigenvalue weighted by atomic mass is 10.1. The van der Waals surface area contributed by atoms with Gasteiger partial charge < -0.3 is 30.7 Å². The van der Waals surface area contributed by atoms with Crippen LogP contribution in [0.3, 0.4) is 0 Å². The van der Waals surface area contributed by atoms with Crippen molar-refractivity contribution in [3.05, 3.63) is 0 Å². The zero-order valence-electron chi connectivity index (χ0n) is 10.5. The second kappa shape index (κ2) is 9.11. The van der Waals surface area contributed by atoms with Crippen LogP contribution in [0.4, 0.5) is 4.79 Å². The number of hydrogen-bond donors (Lipinski definition) is 5. The molecule has 0 aromatic carbocycles. The van der Waals surface area contributed by atoms with Crippen molar-refractivity contribution in [3.63, 3.8) is 0 Å². The van der Waals surface area contributed by atoms with Crippen molar-refractivity contribution in [1.82, 2.24) is 10.6 Å². The fraction of sp³-hybridized carbons (Fsp3) is 0.700. The average molecular weight is 278 g/mol. The van der Waals surface area contributed by atoms with Crippen LogP contribution < -0.4 is 10.6 Å². The first kappa shape index (κ1) is 17.1. The van der Waals surface area contributed by atoms with E-state index in [1.54, 1.807) is 7.05 Å². The van der Waals surface area contributed by atoms with Crippen LogP contribution in [0.1, 0.15) is 0 Å². The molecule has 0 aromatic rings. The molecule has 1 aliphatic heterocycles. The van der Waals surface area contributed by atoms with Crippen LogP contribution in [0.25, 0.3) is 0 Å². The van der Waals surface area contributed by atoms with Crippen molar-refractivity contribution < 1.29 is 34.4 Å². The van der Waals surface area contributed by atoms with E-state index in [0.717, 1.165) is 0 Å². The Labute approximate surface area is 109 Å². The summed E-state index contributed by atoms with van der Waals surface area (Å²) in [5.41, 5.74) is 0. The molecule has 1 amide bonds. The standard InChI is InChI=1S/C5H7NO4.C5H11NO3/c7-4(8)3-1-6-5(9)10-2-3;1-6-2-4(3-7)5(8)9/h3H,1-2H2,(H,6,9)(H,7,8);4,6-7H,2-3H2,1H3,(H,8,9). The summed E-state index contributed by atoms with van der Waals surface area (Å²) in [7, 11) is 1.64. The van der Waals surface area contributed by atoms with Gasteiger partial charge in [-0.2, -0.15) is 0 Å². The SMILES string of the molecule is CNCC(CO)C(=O)O.O=C1NCC(C(=O)O)CO1. The molecule has 9 nitrogen and oxygen atoms in total. The number of hydrogen-bond acceptors (Lipinski definition) is 6. The largest absolute Gasteiger partial charge is 0.481 e. The lowest BCUT2D eigenvalue weighted by Crippen LogP contribution is -2.42. The summed E-state index contributed by atoms with van der Waals surface area (Å²) >= 11 is 0. The number of aliphatic carboxylic acids is 2. The van der Waals surface area contributed by atoms with Gasteiger partial charge in [0.2, 0.25) is 0 Å². The molecule has 1 heterocycles. The topological polar surface area (TPSA) is 145 Å².